The Balaban J connectivity index is 1.18. The van der Waals surface area contributed by atoms with Gasteiger partial charge in [-0.15, -0.1) is 0 Å². The predicted molar refractivity (Wildman–Crippen MR) is 222 cm³/mol. The molecule has 2 amide bonds. The molecule has 3 aromatic rings. The van der Waals surface area contributed by atoms with Crippen molar-refractivity contribution >= 4 is 44.5 Å². The van der Waals surface area contributed by atoms with Crippen LogP contribution < -0.4 is 14.2 Å². The summed E-state index contributed by atoms with van der Waals surface area (Å²) >= 11 is 0. The largest absolute Gasteiger partial charge is 0.496 e. The van der Waals surface area contributed by atoms with Gasteiger partial charge in [0.05, 0.1) is 54.6 Å². The maximum Gasteiger partial charge on any atom is 0.306 e. The molecule has 5 aliphatic rings. The highest BCUT2D eigenvalue weighted by molar-refractivity contribution is 7.90. The molecule has 5 bridgehead atoms. The van der Waals surface area contributed by atoms with E-state index in [-0.39, 0.29) is 55.9 Å². The number of ether oxygens (including phenoxy) is 3. The molecule has 0 radical (unpaired) electrons. The van der Waals surface area contributed by atoms with Crippen LogP contribution in [0.2, 0.25) is 0 Å². The van der Waals surface area contributed by atoms with Crippen LogP contribution in [0.5, 0.6) is 11.5 Å². The first-order valence-electron chi connectivity index (χ1n) is 21.7. The quantitative estimate of drug-likeness (QED) is 0.263. The van der Waals surface area contributed by atoms with E-state index in [1.807, 2.05) is 42.5 Å². The summed E-state index contributed by atoms with van der Waals surface area (Å²) < 4.78 is 46.9. The average Bonchev–Trinajstić information content (AvgIpc) is 4.15. The number of benzene rings is 2. The van der Waals surface area contributed by atoms with Gasteiger partial charge < -0.3 is 19.1 Å². The molecule has 316 valence electrons. The van der Waals surface area contributed by atoms with Gasteiger partial charge in [-0.05, 0) is 74.8 Å². The van der Waals surface area contributed by atoms with Crippen molar-refractivity contribution in [2.75, 3.05) is 20.3 Å². The van der Waals surface area contributed by atoms with Crippen molar-refractivity contribution in [3.8, 4) is 22.8 Å². The van der Waals surface area contributed by atoms with Crippen LogP contribution in [0.1, 0.15) is 109 Å². The van der Waals surface area contributed by atoms with Crippen molar-refractivity contribution < 1.29 is 41.8 Å². The summed E-state index contributed by atoms with van der Waals surface area (Å²) in [6, 6.07) is 14.8. The van der Waals surface area contributed by atoms with Crippen LogP contribution in [-0.2, 0) is 40.4 Å². The maximum absolute atomic E-state index is 14.8. The summed E-state index contributed by atoms with van der Waals surface area (Å²) in [4.78, 5) is 63.6. The fourth-order valence-electron chi connectivity index (χ4n) is 9.65. The number of Topliss-reactive ketones (excluding diaryl/α,β-unsaturated/α-hetero) is 1. The number of sulfonamides is 1. The summed E-state index contributed by atoms with van der Waals surface area (Å²) in [6.07, 6.45) is 8.71. The predicted octanol–water partition coefficient (Wildman–Crippen LogP) is 7.10. The van der Waals surface area contributed by atoms with Crippen molar-refractivity contribution in [2.45, 2.75) is 127 Å². The second-order valence-corrected chi connectivity index (χ2v) is 19.8. The zero-order valence-electron chi connectivity index (χ0n) is 34.3. The van der Waals surface area contributed by atoms with Crippen LogP contribution in [-0.4, -0.2) is 79.5 Å². The number of pyridine rings is 1. The molecule has 6 atom stereocenters. The van der Waals surface area contributed by atoms with Crippen molar-refractivity contribution in [1.29, 1.82) is 0 Å². The van der Waals surface area contributed by atoms with Crippen molar-refractivity contribution in [2.24, 2.45) is 23.2 Å². The Labute approximate surface area is 347 Å². The van der Waals surface area contributed by atoms with Crippen LogP contribution in [0.15, 0.2) is 48.5 Å². The molecule has 0 unspecified atom stereocenters. The van der Waals surface area contributed by atoms with Gasteiger partial charge >= 0.3 is 5.97 Å². The highest BCUT2D eigenvalue weighted by Crippen LogP contribution is 2.59. The molecule has 1 aromatic heterocycles. The van der Waals surface area contributed by atoms with E-state index in [0.717, 1.165) is 74.3 Å². The first-order valence-corrected chi connectivity index (χ1v) is 23.3. The molecule has 4 fully saturated rings. The SMILES string of the molecule is COc1cc2nc(-c3ccccc3)cc3c2cc1CCC[C@H](C)COC(=O)C[C@H]1CCCCCCC[C@@H]2C[C@@]2(C(=O)NS(=O)(=O)C2CC2)CC(=O)[C@@H]2C[C@H](CN2C1=O)O3. The van der Waals surface area contributed by atoms with Crippen molar-refractivity contribution in [3.63, 3.8) is 0 Å². The normalized spacial score (nSPS) is 28.7. The molecule has 4 heterocycles. The molecule has 59 heavy (non-hydrogen) atoms. The smallest absolute Gasteiger partial charge is 0.306 e. The van der Waals surface area contributed by atoms with E-state index >= 15 is 0 Å². The molecule has 0 spiro atoms. The molecule has 3 aliphatic heterocycles. The lowest BCUT2D eigenvalue weighted by Gasteiger charge is -2.29. The van der Waals surface area contributed by atoms with Gasteiger partial charge in [-0.2, -0.15) is 0 Å². The molecule has 12 nitrogen and oxygen atoms in total. The number of nitrogens with one attached hydrogen (secondary N) is 1. The highest BCUT2D eigenvalue weighted by atomic mass is 32.2. The van der Waals surface area contributed by atoms with Crippen molar-refractivity contribution in [1.82, 2.24) is 14.6 Å². The minimum absolute atomic E-state index is 0.0882. The number of esters is 1. The number of methoxy groups -OCH3 is 1. The van der Waals surface area contributed by atoms with E-state index in [0.29, 0.717) is 48.4 Å². The fraction of sp³-hybridized carbons (Fsp3) is 0.587. The number of hydrogen-bond donors (Lipinski definition) is 1. The van der Waals surface area contributed by atoms with Gasteiger partial charge in [-0.25, -0.2) is 13.4 Å². The number of ketones is 1. The standard InChI is InChI=1S/C46H57N3O9S/c1-29-12-11-16-31-20-36-38(24-41(31)56-2)47-37(30-13-8-6-9-14-30)23-42(36)58-34-22-39-40(50)26-46(45(53)48-59(54,55)35-18-19-35)25-33(46)17-10-5-3-4-7-15-32(21-43(51)57-28-29)44(52)49(39)27-34/h6,8-9,13-14,20,23-24,29,32-35,39H,3-5,7,10-12,15-19,21-22,25-28H2,1-2H3,(H,48,53)/t29-,32+,33+,34+,39-,46+/m0/s1. The van der Waals surface area contributed by atoms with Crippen LogP contribution in [0, 0.1) is 23.2 Å². The van der Waals surface area contributed by atoms with Gasteiger partial charge in [-0.3, -0.25) is 23.9 Å². The van der Waals surface area contributed by atoms with Gasteiger partial charge in [0.25, 0.3) is 0 Å². The summed E-state index contributed by atoms with van der Waals surface area (Å²) in [5, 5.41) is 0.213. The number of aryl methyl sites for hydroxylation is 1. The topological polar surface area (TPSA) is 158 Å². The molecule has 13 heteroatoms. The lowest BCUT2D eigenvalue weighted by molar-refractivity contribution is -0.151. The first kappa shape index (κ1) is 41.2. The molecule has 8 rings (SSSR count). The van der Waals surface area contributed by atoms with Crippen molar-refractivity contribution in [3.05, 3.63) is 54.1 Å². The van der Waals surface area contributed by atoms with Gasteiger partial charge in [0.1, 0.15) is 17.6 Å². The molecule has 2 aromatic carbocycles. The van der Waals surface area contributed by atoms with Gasteiger partial charge in [0, 0.05) is 41.8 Å². The van der Waals surface area contributed by atoms with Crippen LogP contribution >= 0.6 is 0 Å². The van der Waals surface area contributed by atoms with E-state index < -0.39 is 50.6 Å². The average molecular weight is 828 g/mol. The van der Waals surface area contributed by atoms with Crippen LogP contribution in [0.25, 0.3) is 22.2 Å². The molecular formula is C46H57N3O9S. The molecule has 2 aliphatic carbocycles. The fourth-order valence-corrected chi connectivity index (χ4v) is 11.0. The molecule has 2 saturated heterocycles. The third kappa shape index (κ3) is 9.15. The number of hydrogen-bond acceptors (Lipinski definition) is 10. The van der Waals surface area contributed by atoms with E-state index in [2.05, 4.69) is 17.7 Å². The van der Waals surface area contributed by atoms with E-state index in [1.165, 1.54) is 0 Å². The van der Waals surface area contributed by atoms with Gasteiger partial charge in [-0.1, -0.05) is 69.4 Å². The zero-order chi connectivity index (χ0) is 41.3. The number of rotatable bonds is 5. The Morgan fingerprint density at radius 2 is 1.71 bits per heavy atom. The number of carbonyl (C=O) groups excluding carboxylic acids is 4. The number of cyclic esters (lactones) is 1. The summed E-state index contributed by atoms with van der Waals surface area (Å²) in [5.74, 6) is -1.06. The Morgan fingerprint density at radius 3 is 2.47 bits per heavy atom. The molecular weight excluding hydrogens is 771 g/mol. The highest BCUT2D eigenvalue weighted by Gasteiger charge is 2.62. The van der Waals surface area contributed by atoms with Gasteiger partial charge in [0.15, 0.2) is 5.78 Å². The number of fused-ring (bicyclic) bond motifs is 4. The Bertz CT molecular complexity index is 2190. The zero-order valence-corrected chi connectivity index (χ0v) is 35.1. The summed E-state index contributed by atoms with van der Waals surface area (Å²) in [6.45, 7) is 2.40. The first-order chi connectivity index (χ1) is 28.4. The lowest BCUT2D eigenvalue weighted by atomic mass is 9.90. The number of nitrogens with zero attached hydrogens (tertiary/aromatic N) is 2. The summed E-state index contributed by atoms with van der Waals surface area (Å²) in [7, 11) is -2.18. The molecule has 2 saturated carbocycles. The second kappa shape index (κ2) is 17.2. The Hall–Kier alpha value is -4.52. The van der Waals surface area contributed by atoms with Crippen LogP contribution in [0.3, 0.4) is 0 Å². The third-order valence-corrected chi connectivity index (χ3v) is 15.2. The monoisotopic (exact) mass is 827 g/mol. The third-order valence-electron chi connectivity index (χ3n) is 13.4. The number of carbonyl (C=O) groups is 4. The Morgan fingerprint density at radius 1 is 0.949 bits per heavy atom. The molecule has 1 N–H and O–H groups in total. The minimum Gasteiger partial charge on any atom is -0.496 e. The van der Waals surface area contributed by atoms with E-state index in [9.17, 15) is 27.6 Å². The second-order valence-electron chi connectivity index (χ2n) is 17.8. The van der Waals surface area contributed by atoms with Gasteiger partial charge in [0.2, 0.25) is 21.8 Å². The van der Waals surface area contributed by atoms with E-state index in [4.69, 9.17) is 19.2 Å². The Kier molecular flexibility index (Phi) is 12.0. The number of amides is 2. The summed E-state index contributed by atoms with van der Waals surface area (Å²) in [5.41, 5.74) is 2.12. The van der Waals surface area contributed by atoms with E-state index in [1.54, 1.807) is 12.0 Å². The number of aromatic nitrogens is 1. The lowest BCUT2D eigenvalue weighted by Crippen LogP contribution is -2.46. The maximum atomic E-state index is 14.8. The van der Waals surface area contributed by atoms with Crippen LogP contribution in [0.4, 0.5) is 0 Å². The minimum atomic E-state index is -3.83.